The molecule has 0 radical (unpaired) electrons. The van der Waals surface area contributed by atoms with Gasteiger partial charge < -0.3 is 19.3 Å². The van der Waals surface area contributed by atoms with Crippen LogP contribution in [-0.2, 0) is 14.2 Å². The first-order valence-electron chi connectivity index (χ1n) is 6.34. The van der Waals surface area contributed by atoms with E-state index in [1.54, 1.807) is 6.92 Å². The third-order valence-electron chi connectivity index (χ3n) is 4.46. The van der Waals surface area contributed by atoms with E-state index >= 15 is 0 Å². The zero-order valence-corrected chi connectivity index (χ0v) is 11.2. The molecule has 2 rings (SSSR count). The zero-order valence-electron chi connectivity index (χ0n) is 11.2. The first-order chi connectivity index (χ1) is 8.49. The number of hydrogen-bond acceptors (Lipinski definition) is 5. The van der Waals surface area contributed by atoms with Gasteiger partial charge in [-0.25, -0.2) is 0 Å². The van der Waals surface area contributed by atoms with Crippen molar-refractivity contribution in [3.8, 4) is 6.07 Å². The van der Waals surface area contributed by atoms with Gasteiger partial charge in [0.25, 0.3) is 0 Å². The number of hydrogen-bond donors (Lipinski definition) is 1. The Morgan fingerprint density at radius 3 is 2.56 bits per heavy atom. The van der Waals surface area contributed by atoms with Crippen LogP contribution < -0.4 is 0 Å². The normalized spacial score (nSPS) is 37.8. The predicted molar refractivity (Wildman–Crippen MR) is 63.6 cm³/mol. The summed E-state index contributed by atoms with van der Waals surface area (Å²) in [6.07, 6.45) is 2.13. The number of nitriles is 1. The van der Waals surface area contributed by atoms with E-state index in [4.69, 9.17) is 14.2 Å². The number of aliphatic hydroxyl groups is 1. The summed E-state index contributed by atoms with van der Waals surface area (Å²) in [5.74, 6) is 0. The smallest absolute Gasteiger partial charge is 0.159 e. The van der Waals surface area contributed by atoms with Crippen molar-refractivity contribution in [2.75, 3.05) is 14.2 Å². The number of fused-ring (bicyclic) bond motifs is 2. The van der Waals surface area contributed by atoms with Gasteiger partial charge in [-0.05, 0) is 26.2 Å². The van der Waals surface area contributed by atoms with Crippen LogP contribution in [0, 0.1) is 16.7 Å². The second-order valence-electron chi connectivity index (χ2n) is 5.49. The lowest BCUT2D eigenvalue weighted by atomic mass is 9.63. The lowest BCUT2D eigenvalue weighted by Crippen LogP contribution is -2.53. The summed E-state index contributed by atoms with van der Waals surface area (Å²) in [6, 6.07) is 2.32. The Morgan fingerprint density at radius 1 is 1.50 bits per heavy atom. The van der Waals surface area contributed by atoms with Crippen LogP contribution in [0.4, 0.5) is 0 Å². The van der Waals surface area contributed by atoms with Gasteiger partial charge in [0.2, 0.25) is 0 Å². The summed E-state index contributed by atoms with van der Waals surface area (Å²) in [5.41, 5.74) is -2.02. The molecule has 5 nitrogen and oxygen atoms in total. The average Bonchev–Trinajstić information content (AvgIpc) is 2.96. The predicted octanol–water partition coefficient (Wildman–Crippen LogP) is 1.21. The molecular weight excluding hydrogens is 234 g/mol. The van der Waals surface area contributed by atoms with Gasteiger partial charge in [-0.15, -0.1) is 0 Å². The largest absolute Gasteiger partial charge is 0.388 e. The fourth-order valence-corrected chi connectivity index (χ4v) is 3.28. The molecule has 0 aliphatic carbocycles. The van der Waals surface area contributed by atoms with Crippen molar-refractivity contribution in [2.45, 2.75) is 56.7 Å². The Hall–Kier alpha value is -0.670. The van der Waals surface area contributed by atoms with E-state index in [-0.39, 0.29) is 18.6 Å². The van der Waals surface area contributed by atoms with Crippen molar-refractivity contribution >= 4 is 0 Å². The molecule has 0 aromatic carbocycles. The van der Waals surface area contributed by atoms with Crippen LogP contribution in [0.1, 0.15) is 32.6 Å². The molecule has 4 atom stereocenters. The van der Waals surface area contributed by atoms with Crippen LogP contribution in [0.5, 0.6) is 0 Å². The fourth-order valence-electron chi connectivity index (χ4n) is 3.28. The molecule has 0 amide bonds. The number of nitrogens with zero attached hydrogens (tertiary/aromatic N) is 1. The second kappa shape index (κ2) is 4.78. The highest BCUT2D eigenvalue weighted by Crippen LogP contribution is 2.54. The van der Waals surface area contributed by atoms with Crippen molar-refractivity contribution in [1.29, 1.82) is 5.26 Å². The van der Waals surface area contributed by atoms with Crippen LogP contribution in [0.25, 0.3) is 0 Å². The molecule has 2 heterocycles. The van der Waals surface area contributed by atoms with Gasteiger partial charge in [0, 0.05) is 20.6 Å². The first kappa shape index (κ1) is 13.8. The Morgan fingerprint density at radius 2 is 2.17 bits per heavy atom. The average molecular weight is 255 g/mol. The molecule has 2 aliphatic heterocycles. The van der Waals surface area contributed by atoms with E-state index in [2.05, 4.69) is 6.07 Å². The first-order valence-corrected chi connectivity index (χ1v) is 6.34. The van der Waals surface area contributed by atoms with E-state index < -0.39 is 17.3 Å². The van der Waals surface area contributed by atoms with E-state index in [1.807, 2.05) is 0 Å². The molecule has 102 valence electrons. The minimum atomic E-state index is -1.18. The van der Waals surface area contributed by atoms with Gasteiger partial charge in [-0.2, -0.15) is 5.26 Å². The van der Waals surface area contributed by atoms with Gasteiger partial charge in [0.15, 0.2) is 6.29 Å². The maximum atomic E-state index is 10.8. The maximum absolute atomic E-state index is 10.8. The molecule has 18 heavy (non-hydrogen) atoms. The van der Waals surface area contributed by atoms with Gasteiger partial charge in [-0.3, -0.25) is 0 Å². The molecule has 2 fully saturated rings. The van der Waals surface area contributed by atoms with Gasteiger partial charge >= 0.3 is 0 Å². The summed E-state index contributed by atoms with van der Waals surface area (Å²) in [4.78, 5) is 0. The highest BCUT2D eigenvalue weighted by atomic mass is 16.7. The maximum Gasteiger partial charge on any atom is 0.159 e. The number of methoxy groups -OCH3 is 2. The highest BCUT2D eigenvalue weighted by Gasteiger charge is 2.62. The molecule has 0 saturated carbocycles. The van der Waals surface area contributed by atoms with Crippen LogP contribution in [0.2, 0.25) is 0 Å². The summed E-state index contributed by atoms with van der Waals surface area (Å²) in [7, 11) is 3.06. The highest BCUT2D eigenvalue weighted by molar-refractivity contribution is 5.20. The molecule has 0 aromatic rings. The molecule has 0 aromatic heterocycles. The molecule has 4 unspecified atom stereocenters. The SMILES string of the molecule is COC(CC(C)(O)C1(C#N)CC2CCC1O2)OC. The summed E-state index contributed by atoms with van der Waals surface area (Å²) in [6.45, 7) is 1.69. The number of ether oxygens (including phenoxy) is 3. The fraction of sp³-hybridized carbons (Fsp3) is 0.923. The Bertz CT molecular complexity index is 347. The van der Waals surface area contributed by atoms with Crippen LogP contribution in [0.15, 0.2) is 0 Å². The van der Waals surface area contributed by atoms with E-state index in [0.717, 1.165) is 12.8 Å². The summed E-state index contributed by atoms with van der Waals surface area (Å²) < 4.78 is 16.0. The van der Waals surface area contributed by atoms with Gasteiger partial charge in [0.05, 0.1) is 23.9 Å². The zero-order chi connectivity index (χ0) is 13.4. The second-order valence-corrected chi connectivity index (χ2v) is 5.49. The van der Waals surface area contributed by atoms with Crippen molar-refractivity contribution in [3.63, 3.8) is 0 Å². The molecular formula is C13H21NO4. The van der Waals surface area contributed by atoms with Crippen molar-refractivity contribution in [2.24, 2.45) is 5.41 Å². The monoisotopic (exact) mass is 255 g/mol. The van der Waals surface area contributed by atoms with E-state index in [1.165, 1.54) is 14.2 Å². The summed E-state index contributed by atoms with van der Waals surface area (Å²) in [5, 5.41) is 20.3. The minimum absolute atomic E-state index is 0.115. The lowest BCUT2D eigenvalue weighted by Gasteiger charge is -2.42. The van der Waals surface area contributed by atoms with E-state index in [9.17, 15) is 10.4 Å². The molecule has 2 saturated heterocycles. The van der Waals surface area contributed by atoms with E-state index in [0.29, 0.717) is 6.42 Å². The quantitative estimate of drug-likeness (QED) is 0.748. The summed E-state index contributed by atoms with van der Waals surface area (Å²) >= 11 is 0. The third kappa shape index (κ3) is 1.94. The third-order valence-corrected chi connectivity index (χ3v) is 4.46. The molecule has 0 spiro atoms. The molecule has 1 N–H and O–H groups in total. The van der Waals surface area contributed by atoms with Gasteiger partial charge in [0.1, 0.15) is 5.41 Å². The molecule has 2 aliphatic rings. The lowest BCUT2D eigenvalue weighted by molar-refractivity contribution is -0.168. The van der Waals surface area contributed by atoms with Crippen molar-refractivity contribution in [3.05, 3.63) is 0 Å². The van der Waals surface area contributed by atoms with Crippen LogP contribution >= 0.6 is 0 Å². The molecule has 2 bridgehead atoms. The Kier molecular flexibility index (Phi) is 3.65. The topological polar surface area (TPSA) is 71.7 Å². The van der Waals surface area contributed by atoms with Gasteiger partial charge in [-0.1, -0.05) is 0 Å². The molecule has 5 heteroatoms. The Balaban J connectivity index is 2.19. The minimum Gasteiger partial charge on any atom is -0.388 e. The van der Waals surface area contributed by atoms with Crippen LogP contribution in [0.3, 0.4) is 0 Å². The Labute approximate surface area is 108 Å². The standard InChI is InChI=1S/C13H21NO4/c1-12(15,7-11(16-2)17-3)13(8-14)6-9-4-5-10(13)18-9/h9-11,15H,4-7H2,1-3H3. The number of rotatable bonds is 5. The van der Waals surface area contributed by atoms with Crippen LogP contribution in [-0.4, -0.2) is 43.4 Å². The van der Waals surface area contributed by atoms with Crippen molar-refractivity contribution < 1.29 is 19.3 Å². The van der Waals surface area contributed by atoms with Crippen molar-refractivity contribution in [1.82, 2.24) is 0 Å².